The molecule has 1 rings (SSSR count). The lowest BCUT2D eigenvalue weighted by Gasteiger charge is -2.00. The SMILES string of the molecule is COC(=O)c1ccc([N+](=O)[O-])cc1[N+](=O)[O-]. The average molecular weight is 226 g/mol. The zero-order valence-corrected chi connectivity index (χ0v) is 8.08. The summed E-state index contributed by atoms with van der Waals surface area (Å²) in [5.41, 5.74) is -1.43. The summed E-state index contributed by atoms with van der Waals surface area (Å²) in [5.74, 6) is -0.915. The quantitative estimate of drug-likeness (QED) is 0.436. The van der Waals surface area contributed by atoms with Gasteiger partial charge in [-0.3, -0.25) is 20.2 Å². The van der Waals surface area contributed by atoms with Crippen LogP contribution in [-0.4, -0.2) is 22.9 Å². The van der Waals surface area contributed by atoms with Crippen molar-refractivity contribution in [1.29, 1.82) is 0 Å². The first kappa shape index (κ1) is 11.6. The predicted octanol–water partition coefficient (Wildman–Crippen LogP) is 1.29. The number of ether oxygens (including phenoxy) is 1. The Morgan fingerprint density at radius 2 is 1.88 bits per heavy atom. The summed E-state index contributed by atoms with van der Waals surface area (Å²) in [5, 5.41) is 21.0. The van der Waals surface area contributed by atoms with Crippen LogP contribution in [0.5, 0.6) is 0 Å². The molecule has 1 aromatic rings. The van der Waals surface area contributed by atoms with Crippen LogP contribution < -0.4 is 0 Å². The molecule has 0 saturated carbocycles. The number of nitro benzene ring substituents is 2. The smallest absolute Gasteiger partial charge is 0.344 e. The fraction of sp³-hybridized carbons (Fsp3) is 0.125. The lowest BCUT2D eigenvalue weighted by Crippen LogP contribution is -2.06. The number of hydrogen-bond donors (Lipinski definition) is 0. The van der Waals surface area contributed by atoms with Crippen LogP contribution in [0.1, 0.15) is 10.4 Å². The number of carbonyl (C=O) groups is 1. The van der Waals surface area contributed by atoms with Crippen molar-refractivity contribution in [2.75, 3.05) is 7.11 Å². The topological polar surface area (TPSA) is 113 Å². The Balaban J connectivity index is 3.36. The minimum absolute atomic E-state index is 0.321. The van der Waals surface area contributed by atoms with Crippen LogP contribution in [-0.2, 0) is 4.74 Å². The summed E-state index contributed by atoms with van der Waals surface area (Å²) in [6.45, 7) is 0. The summed E-state index contributed by atoms with van der Waals surface area (Å²) in [6.07, 6.45) is 0. The van der Waals surface area contributed by atoms with Crippen molar-refractivity contribution in [3.05, 3.63) is 44.0 Å². The van der Waals surface area contributed by atoms with Gasteiger partial charge < -0.3 is 4.74 Å². The maximum atomic E-state index is 11.1. The average Bonchev–Trinajstić information content (AvgIpc) is 2.26. The molecule has 0 N–H and O–H groups in total. The van der Waals surface area contributed by atoms with Crippen molar-refractivity contribution in [3.8, 4) is 0 Å². The van der Waals surface area contributed by atoms with Crippen LogP contribution in [0.4, 0.5) is 11.4 Å². The van der Waals surface area contributed by atoms with E-state index in [2.05, 4.69) is 4.74 Å². The Morgan fingerprint density at radius 1 is 1.25 bits per heavy atom. The van der Waals surface area contributed by atoms with Gasteiger partial charge in [-0.15, -0.1) is 0 Å². The monoisotopic (exact) mass is 226 g/mol. The van der Waals surface area contributed by atoms with Crippen LogP contribution in [0.15, 0.2) is 18.2 Å². The molecule has 0 saturated heterocycles. The molecule has 0 radical (unpaired) electrons. The number of hydrogen-bond acceptors (Lipinski definition) is 6. The first-order valence-corrected chi connectivity index (χ1v) is 3.98. The van der Waals surface area contributed by atoms with Crippen LogP contribution >= 0.6 is 0 Å². The molecule has 0 atom stereocenters. The van der Waals surface area contributed by atoms with Gasteiger partial charge in [-0.1, -0.05) is 0 Å². The largest absolute Gasteiger partial charge is 0.465 e. The number of non-ortho nitro benzene ring substituents is 1. The van der Waals surface area contributed by atoms with Crippen molar-refractivity contribution in [2.45, 2.75) is 0 Å². The van der Waals surface area contributed by atoms with E-state index in [0.717, 1.165) is 19.2 Å². The number of nitro groups is 2. The van der Waals surface area contributed by atoms with Crippen molar-refractivity contribution in [1.82, 2.24) is 0 Å². The van der Waals surface area contributed by atoms with Gasteiger partial charge in [0.1, 0.15) is 5.56 Å². The highest BCUT2D eigenvalue weighted by Crippen LogP contribution is 2.24. The van der Waals surface area contributed by atoms with E-state index < -0.39 is 27.2 Å². The summed E-state index contributed by atoms with van der Waals surface area (Å²) >= 11 is 0. The van der Waals surface area contributed by atoms with Gasteiger partial charge in [-0.2, -0.15) is 0 Å². The van der Waals surface area contributed by atoms with Crippen LogP contribution in [0, 0.1) is 20.2 Å². The van der Waals surface area contributed by atoms with Crippen LogP contribution in [0.3, 0.4) is 0 Å². The molecule has 0 aliphatic rings. The van der Waals surface area contributed by atoms with Gasteiger partial charge in [0, 0.05) is 6.07 Å². The predicted molar refractivity (Wildman–Crippen MR) is 51.1 cm³/mol. The zero-order valence-electron chi connectivity index (χ0n) is 8.08. The second-order valence-corrected chi connectivity index (χ2v) is 2.71. The third kappa shape index (κ3) is 2.11. The molecular weight excluding hydrogens is 220 g/mol. The van der Waals surface area contributed by atoms with Gasteiger partial charge in [-0.05, 0) is 6.07 Å². The molecule has 8 heteroatoms. The minimum Gasteiger partial charge on any atom is -0.465 e. The number of methoxy groups -OCH3 is 1. The van der Waals surface area contributed by atoms with Crippen molar-refractivity contribution in [2.24, 2.45) is 0 Å². The zero-order chi connectivity index (χ0) is 12.3. The summed E-state index contributed by atoms with van der Waals surface area (Å²) in [7, 11) is 1.06. The third-order valence-corrected chi connectivity index (χ3v) is 1.79. The summed E-state index contributed by atoms with van der Waals surface area (Å²) in [6, 6.07) is 2.70. The minimum atomic E-state index is -0.915. The van der Waals surface area contributed by atoms with Gasteiger partial charge in [-0.25, -0.2) is 4.79 Å². The van der Waals surface area contributed by atoms with E-state index in [-0.39, 0.29) is 5.56 Å². The fourth-order valence-electron chi connectivity index (χ4n) is 1.07. The number of esters is 1. The van der Waals surface area contributed by atoms with E-state index in [1.54, 1.807) is 0 Å². The molecule has 0 heterocycles. The Morgan fingerprint density at radius 3 is 2.31 bits per heavy atom. The Kier molecular flexibility index (Phi) is 3.14. The number of carbonyl (C=O) groups excluding carboxylic acids is 1. The Hall–Kier alpha value is -2.51. The number of nitrogens with zero attached hydrogens (tertiary/aromatic N) is 2. The molecule has 1 aromatic carbocycles. The second kappa shape index (κ2) is 4.34. The van der Waals surface area contributed by atoms with Gasteiger partial charge in [0.2, 0.25) is 0 Å². The molecule has 0 spiro atoms. The Bertz CT molecular complexity index is 470. The van der Waals surface area contributed by atoms with Gasteiger partial charge >= 0.3 is 5.97 Å². The molecule has 0 fully saturated rings. The summed E-state index contributed by atoms with van der Waals surface area (Å²) < 4.78 is 4.31. The molecule has 8 nitrogen and oxygen atoms in total. The van der Waals surface area contributed by atoms with Crippen molar-refractivity contribution >= 4 is 17.3 Å². The molecule has 0 bridgehead atoms. The Labute approximate surface area is 88.7 Å². The molecule has 0 amide bonds. The van der Waals surface area contributed by atoms with E-state index in [1.807, 2.05) is 0 Å². The number of benzene rings is 1. The number of rotatable bonds is 3. The molecule has 84 valence electrons. The molecular formula is C8H6N2O6. The maximum Gasteiger partial charge on any atom is 0.344 e. The molecule has 0 unspecified atom stereocenters. The van der Waals surface area contributed by atoms with Crippen LogP contribution in [0.2, 0.25) is 0 Å². The van der Waals surface area contributed by atoms with Crippen molar-refractivity contribution < 1.29 is 19.4 Å². The van der Waals surface area contributed by atoms with E-state index >= 15 is 0 Å². The standard InChI is InChI=1S/C8H6N2O6/c1-16-8(11)6-3-2-5(9(12)13)4-7(6)10(14)15/h2-4H,1H3. The third-order valence-electron chi connectivity index (χ3n) is 1.79. The lowest BCUT2D eigenvalue weighted by atomic mass is 10.1. The van der Waals surface area contributed by atoms with Gasteiger partial charge in [0.25, 0.3) is 11.4 Å². The lowest BCUT2D eigenvalue weighted by molar-refractivity contribution is -0.394. The maximum absolute atomic E-state index is 11.1. The van der Waals surface area contributed by atoms with E-state index in [9.17, 15) is 25.0 Å². The highest BCUT2D eigenvalue weighted by atomic mass is 16.6. The summed E-state index contributed by atoms with van der Waals surface area (Å²) in [4.78, 5) is 30.4. The van der Waals surface area contributed by atoms with Crippen LogP contribution in [0.25, 0.3) is 0 Å². The normalized spacial score (nSPS) is 9.56. The van der Waals surface area contributed by atoms with E-state index in [4.69, 9.17) is 0 Å². The molecule has 0 aliphatic heterocycles. The fourth-order valence-corrected chi connectivity index (χ4v) is 1.07. The first-order valence-electron chi connectivity index (χ1n) is 3.98. The van der Waals surface area contributed by atoms with Crippen molar-refractivity contribution in [3.63, 3.8) is 0 Å². The van der Waals surface area contributed by atoms with Gasteiger partial charge in [0.15, 0.2) is 0 Å². The molecule has 0 aromatic heterocycles. The molecule has 16 heavy (non-hydrogen) atoms. The first-order chi connectivity index (χ1) is 7.47. The molecule has 0 aliphatic carbocycles. The highest BCUT2D eigenvalue weighted by molar-refractivity contribution is 5.94. The van der Waals surface area contributed by atoms with Gasteiger partial charge in [0.05, 0.1) is 23.0 Å². The van der Waals surface area contributed by atoms with E-state index in [0.29, 0.717) is 6.07 Å². The highest BCUT2D eigenvalue weighted by Gasteiger charge is 2.24. The second-order valence-electron chi connectivity index (χ2n) is 2.71. The van der Waals surface area contributed by atoms with E-state index in [1.165, 1.54) is 0 Å².